The Hall–Kier alpha value is -0.883. The van der Waals surface area contributed by atoms with E-state index in [2.05, 4.69) is 33.9 Å². The lowest BCUT2D eigenvalue weighted by atomic mass is 9.72. The summed E-state index contributed by atoms with van der Waals surface area (Å²) < 4.78 is 11.9. The number of carbonyl (C=O) groups excluding carboxylic acids is 2. The molecule has 2 aliphatic rings. The van der Waals surface area contributed by atoms with Gasteiger partial charge in [0.1, 0.15) is 5.60 Å². The summed E-state index contributed by atoms with van der Waals surface area (Å²) >= 11 is 0. The monoisotopic (exact) mass is 411 g/mol. The van der Waals surface area contributed by atoms with E-state index in [4.69, 9.17) is 9.16 Å². The third kappa shape index (κ3) is 5.18. The molecule has 1 atom stereocenters. The van der Waals surface area contributed by atoms with Crippen molar-refractivity contribution in [2.45, 2.75) is 116 Å². The van der Waals surface area contributed by atoms with Gasteiger partial charge in [-0.2, -0.15) is 0 Å². The number of likely N-dealkylation sites (tertiary alicyclic amines) is 1. The molecule has 1 heterocycles. The molecule has 1 spiro atoms. The van der Waals surface area contributed by atoms with Crippen molar-refractivity contribution in [2.75, 3.05) is 6.61 Å². The summed E-state index contributed by atoms with van der Waals surface area (Å²) in [7, 11) is -1.85. The van der Waals surface area contributed by atoms with Crippen LogP contribution in [0.5, 0.6) is 0 Å². The van der Waals surface area contributed by atoms with E-state index >= 15 is 0 Å². The summed E-state index contributed by atoms with van der Waals surface area (Å²) in [5, 5.41) is 0.147. The molecule has 5 nitrogen and oxygen atoms in total. The molecular weight excluding hydrogens is 370 g/mol. The predicted octanol–water partition coefficient (Wildman–Crippen LogP) is 5.88. The van der Waals surface area contributed by atoms with Crippen LogP contribution in [0, 0.1) is 5.41 Å². The van der Waals surface area contributed by atoms with E-state index in [1.807, 2.05) is 20.8 Å². The Morgan fingerprint density at radius 3 is 2.18 bits per heavy atom. The SMILES string of the molecule is CC(C)(C)OC(=O)N1C(=O)C2(CCCCC2)C[C@@H]1CCO[Si](C)(C)C(C)(C)C. The minimum Gasteiger partial charge on any atom is -0.443 e. The quantitative estimate of drug-likeness (QED) is 0.542. The van der Waals surface area contributed by atoms with Crippen LogP contribution in [-0.4, -0.2) is 43.5 Å². The van der Waals surface area contributed by atoms with Gasteiger partial charge in [0.15, 0.2) is 8.32 Å². The van der Waals surface area contributed by atoms with Gasteiger partial charge in [0.25, 0.3) is 0 Å². The Morgan fingerprint density at radius 1 is 1.11 bits per heavy atom. The second-order valence-electron chi connectivity index (χ2n) is 11.3. The Labute approximate surface area is 172 Å². The fraction of sp³-hybridized carbons (Fsp3) is 0.909. The third-order valence-electron chi connectivity index (χ3n) is 6.79. The zero-order valence-corrected chi connectivity index (χ0v) is 20.3. The maximum atomic E-state index is 13.3. The average Bonchev–Trinajstić information content (AvgIpc) is 2.77. The summed E-state index contributed by atoms with van der Waals surface area (Å²) in [6, 6.07) is -0.120. The molecule has 0 N–H and O–H groups in total. The van der Waals surface area contributed by atoms with Crippen LogP contribution in [0.25, 0.3) is 0 Å². The topological polar surface area (TPSA) is 55.8 Å². The molecule has 162 valence electrons. The van der Waals surface area contributed by atoms with Gasteiger partial charge in [-0.3, -0.25) is 4.79 Å². The van der Waals surface area contributed by atoms with E-state index in [0.717, 1.165) is 32.1 Å². The number of rotatable bonds is 4. The minimum atomic E-state index is -1.85. The van der Waals surface area contributed by atoms with Gasteiger partial charge in [-0.05, 0) is 64.6 Å². The van der Waals surface area contributed by atoms with Crippen LogP contribution < -0.4 is 0 Å². The molecule has 28 heavy (non-hydrogen) atoms. The summed E-state index contributed by atoms with van der Waals surface area (Å²) in [4.78, 5) is 27.6. The highest BCUT2D eigenvalue weighted by atomic mass is 28.4. The smallest absolute Gasteiger partial charge is 0.417 e. The fourth-order valence-corrected chi connectivity index (χ4v) is 5.20. The first kappa shape index (κ1) is 23.4. The summed E-state index contributed by atoms with van der Waals surface area (Å²) in [6.07, 6.45) is 6.07. The third-order valence-corrected chi connectivity index (χ3v) is 11.3. The number of imide groups is 1. The van der Waals surface area contributed by atoms with Crippen molar-refractivity contribution < 1.29 is 18.8 Å². The van der Waals surface area contributed by atoms with Gasteiger partial charge in [-0.1, -0.05) is 40.0 Å². The lowest BCUT2D eigenvalue weighted by molar-refractivity contribution is -0.137. The zero-order valence-electron chi connectivity index (χ0n) is 19.3. The molecule has 1 saturated carbocycles. The van der Waals surface area contributed by atoms with E-state index in [1.54, 1.807) is 0 Å². The van der Waals surface area contributed by atoms with E-state index in [9.17, 15) is 9.59 Å². The molecule has 0 bridgehead atoms. The van der Waals surface area contributed by atoms with E-state index in [1.165, 1.54) is 11.3 Å². The molecule has 1 saturated heterocycles. The molecule has 2 fully saturated rings. The molecule has 0 aromatic rings. The van der Waals surface area contributed by atoms with Crippen LogP contribution >= 0.6 is 0 Å². The van der Waals surface area contributed by atoms with Gasteiger partial charge < -0.3 is 9.16 Å². The first-order valence-corrected chi connectivity index (χ1v) is 13.8. The molecule has 0 aromatic carbocycles. The Bertz CT molecular complexity index is 582. The van der Waals surface area contributed by atoms with E-state index in [0.29, 0.717) is 13.0 Å². The molecule has 0 radical (unpaired) electrons. The van der Waals surface area contributed by atoms with Crippen LogP contribution in [0.15, 0.2) is 0 Å². The van der Waals surface area contributed by atoms with Gasteiger partial charge in [0.05, 0.1) is 5.41 Å². The summed E-state index contributed by atoms with van der Waals surface area (Å²) in [5.74, 6) is -0.0150. The number of ether oxygens (including phenoxy) is 1. The van der Waals surface area contributed by atoms with Crippen molar-refractivity contribution in [3.05, 3.63) is 0 Å². The highest BCUT2D eigenvalue weighted by molar-refractivity contribution is 6.74. The van der Waals surface area contributed by atoms with Crippen molar-refractivity contribution in [1.29, 1.82) is 0 Å². The van der Waals surface area contributed by atoms with Gasteiger partial charge >= 0.3 is 6.09 Å². The van der Waals surface area contributed by atoms with Gasteiger partial charge in [-0.15, -0.1) is 0 Å². The maximum absolute atomic E-state index is 13.3. The fourth-order valence-electron chi connectivity index (χ4n) is 4.14. The number of carbonyl (C=O) groups is 2. The van der Waals surface area contributed by atoms with Crippen molar-refractivity contribution in [3.63, 3.8) is 0 Å². The summed E-state index contributed by atoms with van der Waals surface area (Å²) in [5.41, 5.74) is -0.974. The van der Waals surface area contributed by atoms with Crippen LogP contribution in [-0.2, 0) is 14.0 Å². The Kier molecular flexibility index (Phi) is 6.76. The van der Waals surface area contributed by atoms with E-state index in [-0.39, 0.29) is 22.4 Å². The normalized spacial score (nSPS) is 23.4. The van der Waals surface area contributed by atoms with Gasteiger partial charge in [0, 0.05) is 12.6 Å². The lowest BCUT2D eigenvalue weighted by Gasteiger charge is -2.36. The molecule has 2 rings (SSSR count). The van der Waals surface area contributed by atoms with Crippen LogP contribution in [0.1, 0.15) is 86.5 Å². The molecule has 0 aromatic heterocycles. The minimum absolute atomic E-state index is 0.0150. The van der Waals surface area contributed by atoms with Crippen molar-refractivity contribution in [2.24, 2.45) is 5.41 Å². The average molecular weight is 412 g/mol. The standard InChI is InChI=1S/C22H41NO4Si/c1-20(2,3)27-19(25)23-17(12-15-26-28(7,8)21(4,5)6)16-22(18(23)24)13-10-9-11-14-22/h17H,9-16H2,1-8H3/t17-/m0/s1. The highest BCUT2D eigenvalue weighted by Gasteiger charge is 2.54. The number of nitrogens with zero attached hydrogens (tertiary/aromatic N) is 1. The van der Waals surface area contributed by atoms with Crippen LogP contribution in [0.3, 0.4) is 0 Å². The maximum Gasteiger partial charge on any atom is 0.417 e. The molecular formula is C22H41NO4Si. The zero-order chi connectivity index (χ0) is 21.4. The van der Waals surface area contributed by atoms with Crippen LogP contribution in [0.2, 0.25) is 18.1 Å². The van der Waals surface area contributed by atoms with E-state index < -0.39 is 20.0 Å². The largest absolute Gasteiger partial charge is 0.443 e. The first-order chi connectivity index (χ1) is 12.7. The molecule has 1 aliphatic carbocycles. The lowest BCUT2D eigenvalue weighted by Crippen LogP contribution is -2.45. The molecule has 1 aliphatic heterocycles. The predicted molar refractivity (Wildman–Crippen MR) is 115 cm³/mol. The molecule has 6 heteroatoms. The number of amides is 2. The Balaban J connectivity index is 2.14. The van der Waals surface area contributed by atoms with Crippen molar-refractivity contribution in [1.82, 2.24) is 4.90 Å². The number of hydrogen-bond donors (Lipinski definition) is 0. The second kappa shape index (κ2) is 8.09. The van der Waals surface area contributed by atoms with Crippen molar-refractivity contribution >= 4 is 20.3 Å². The summed E-state index contributed by atoms with van der Waals surface area (Å²) in [6.45, 7) is 17.3. The van der Waals surface area contributed by atoms with Crippen LogP contribution in [0.4, 0.5) is 4.79 Å². The van der Waals surface area contributed by atoms with Gasteiger partial charge in [-0.25, -0.2) is 9.69 Å². The molecule has 2 amide bonds. The van der Waals surface area contributed by atoms with Gasteiger partial charge in [0.2, 0.25) is 5.91 Å². The van der Waals surface area contributed by atoms with Crippen molar-refractivity contribution in [3.8, 4) is 0 Å². The second-order valence-corrected chi connectivity index (χ2v) is 16.1. The highest BCUT2D eigenvalue weighted by Crippen LogP contribution is 2.48. The first-order valence-electron chi connectivity index (χ1n) is 10.9. The Morgan fingerprint density at radius 2 is 1.68 bits per heavy atom. The number of hydrogen-bond acceptors (Lipinski definition) is 4. The molecule has 0 unspecified atom stereocenters.